The molecule has 2 rings (SSSR count). The Balaban J connectivity index is 1.91. The molecule has 5 nitrogen and oxygen atoms in total. The van der Waals surface area contributed by atoms with Crippen molar-refractivity contribution in [2.75, 3.05) is 7.11 Å². The fraction of sp³-hybridized carbons (Fsp3) is 0.267. The number of hydrogen-bond donors (Lipinski definition) is 1. The third-order valence-corrected chi connectivity index (χ3v) is 3.16. The lowest BCUT2D eigenvalue weighted by atomic mass is 10.2. The van der Waals surface area contributed by atoms with E-state index in [1.54, 1.807) is 24.3 Å². The van der Waals surface area contributed by atoms with Crippen molar-refractivity contribution < 1.29 is 18.7 Å². The van der Waals surface area contributed by atoms with Gasteiger partial charge in [-0.15, -0.1) is 0 Å². The molecule has 0 saturated carbocycles. The quantitative estimate of drug-likeness (QED) is 0.830. The van der Waals surface area contributed by atoms with Gasteiger partial charge in [0.2, 0.25) is 0 Å². The average molecular weight is 310 g/mol. The number of carbonyl (C=O) groups excluding carboxylic acids is 1. The molecule has 1 atom stereocenters. The fourth-order valence-corrected chi connectivity index (χ4v) is 1.96. The molecule has 0 aliphatic carbocycles. The van der Waals surface area contributed by atoms with Crippen LogP contribution in [0.2, 0.25) is 5.02 Å². The number of hydrogen-bond acceptors (Lipinski definition) is 5. The standard InChI is InChI=1S/C15H16ClNO4/c1-19-15(18)13(17)8-10-6-7-11(21-10)9-20-14-5-3-2-4-12(14)16/h2-7,13H,8-9,17H2,1H3. The maximum Gasteiger partial charge on any atom is 0.323 e. The van der Waals surface area contributed by atoms with Crippen LogP contribution in [0, 0.1) is 0 Å². The minimum atomic E-state index is -0.738. The SMILES string of the molecule is COC(=O)C(N)Cc1ccc(COc2ccccc2Cl)o1. The van der Waals surface area contributed by atoms with Gasteiger partial charge in [0.05, 0.1) is 12.1 Å². The first kappa shape index (κ1) is 15.4. The number of esters is 1. The molecule has 1 aromatic heterocycles. The van der Waals surface area contributed by atoms with Crippen molar-refractivity contribution in [3.8, 4) is 5.75 Å². The summed E-state index contributed by atoms with van der Waals surface area (Å²) in [5.74, 6) is 1.34. The van der Waals surface area contributed by atoms with Crippen LogP contribution in [0.5, 0.6) is 5.75 Å². The summed E-state index contributed by atoms with van der Waals surface area (Å²) in [4.78, 5) is 11.2. The molecule has 0 spiro atoms. The highest BCUT2D eigenvalue weighted by atomic mass is 35.5. The van der Waals surface area contributed by atoms with Crippen molar-refractivity contribution in [2.45, 2.75) is 19.1 Å². The van der Waals surface area contributed by atoms with Gasteiger partial charge in [0, 0.05) is 6.42 Å². The Morgan fingerprint density at radius 1 is 1.29 bits per heavy atom. The second-order valence-electron chi connectivity index (χ2n) is 4.42. The molecule has 0 aliphatic rings. The summed E-state index contributed by atoms with van der Waals surface area (Å²) in [5.41, 5.74) is 5.67. The molecule has 0 fully saturated rings. The monoisotopic (exact) mass is 309 g/mol. The molecule has 0 bridgehead atoms. The highest BCUT2D eigenvalue weighted by Gasteiger charge is 2.16. The van der Waals surface area contributed by atoms with Gasteiger partial charge in [-0.1, -0.05) is 23.7 Å². The van der Waals surface area contributed by atoms with E-state index in [1.165, 1.54) is 7.11 Å². The molecule has 1 unspecified atom stereocenters. The lowest BCUT2D eigenvalue weighted by molar-refractivity contribution is -0.142. The fourth-order valence-electron chi connectivity index (χ4n) is 1.77. The maximum atomic E-state index is 11.2. The van der Waals surface area contributed by atoms with Crippen LogP contribution >= 0.6 is 11.6 Å². The van der Waals surface area contributed by atoms with E-state index >= 15 is 0 Å². The van der Waals surface area contributed by atoms with Crippen LogP contribution < -0.4 is 10.5 Å². The zero-order valence-corrected chi connectivity index (χ0v) is 12.3. The van der Waals surface area contributed by atoms with E-state index in [0.29, 0.717) is 22.3 Å². The first-order chi connectivity index (χ1) is 10.1. The Morgan fingerprint density at radius 3 is 2.71 bits per heavy atom. The smallest absolute Gasteiger partial charge is 0.323 e. The number of rotatable bonds is 6. The van der Waals surface area contributed by atoms with Gasteiger partial charge in [0.25, 0.3) is 0 Å². The van der Waals surface area contributed by atoms with Crippen LogP contribution in [0.3, 0.4) is 0 Å². The number of furan rings is 1. The summed E-state index contributed by atoms with van der Waals surface area (Å²) in [6.07, 6.45) is 0.277. The molecule has 21 heavy (non-hydrogen) atoms. The molecule has 0 saturated heterocycles. The van der Waals surface area contributed by atoms with E-state index in [9.17, 15) is 4.79 Å². The van der Waals surface area contributed by atoms with Crippen molar-refractivity contribution in [3.05, 3.63) is 52.9 Å². The third kappa shape index (κ3) is 4.24. The minimum absolute atomic E-state index is 0.247. The van der Waals surface area contributed by atoms with Crippen LogP contribution in [-0.4, -0.2) is 19.1 Å². The van der Waals surface area contributed by atoms with Crippen molar-refractivity contribution in [1.82, 2.24) is 0 Å². The Hall–Kier alpha value is -1.98. The van der Waals surface area contributed by atoms with Gasteiger partial charge in [-0.25, -0.2) is 0 Å². The summed E-state index contributed by atoms with van der Waals surface area (Å²) >= 11 is 5.99. The highest BCUT2D eigenvalue weighted by Crippen LogP contribution is 2.24. The summed E-state index contributed by atoms with van der Waals surface area (Å²) < 4.78 is 15.7. The number of halogens is 1. The van der Waals surface area contributed by atoms with E-state index in [-0.39, 0.29) is 13.0 Å². The summed E-state index contributed by atoms with van der Waals surface area (Å²) in [5, 5.41) is 0.539. The normalized spacial score (nSPS) is 12.0. The highest BCUT2D eigenvalue weighted by molar-refractivity contribution is 6.32. The largest absolute Gasteiger partial charge is 0.484 e. The van der Waals surface area contributed by atoms with E-state index in [0.717, 1.165) is 0 Å². The van der Waals surface area contributed by atoms with Gasteiger partial charge in [-0.2, -0.15) is 0 Å². The zero-order chi connectivity index (χ0) is 15.2. The first-order valence-electron chi connectivity index (χ1n) is 6.38. The molecule has 0 radical (unpaired) electrons. The topological polar surface area (TPSA) is 74.7 Å². The maximum absolute atomic E-state index is 11.2. The summed E-state index contributed by atoms with van der Waals surface area (Å²) in [6.45, 7) is 0.247. The van der Waals surface area contributed by atoms with Crippen molar-refractivity contribution in [2.24, 2.45) is 5.73 Å². The molecular weight excluding hydrogens is 294 g/mol. The van der Waals surface area contributed by atoms with Gasteiger partial charge in [-0.05, 0) is 24.3 Å². The average Bonchev–Trinajstić information content (AvgIpc) is 2.93. The zero-order valence-electron chi connectivity index (χ0n) is 11.5. The lowest BCUT2D eigenvalue weighted by Crippen LogP contribution is -2.33. The van der Waals surface area contributed by atoms with E-state index < -0.39 is 12.0 Å². The third-order valence-electron chi connectivity index (χ3n) is 2.85. The number of ether oxygens (including phenoxy) is 2. The van der Waals surface area contributed by atoms with Crippen LogP contribution in [0.1, 0.15) is 11.5 Å². The Kier molecular flexibility index (Phi) is 5.25. The van der Waals surface area contributed by atoms with E-state index in [2.05, 4.69) is 4.74 Å². The molecular formula is C15H16ClNO4. The molecule has 0 amide bonds. The summed E-state index contributed by atoms with van der Waals surface area (Å²) in [7, 11) is 1.30. The number of methoxy groups -OCH3 is 1. The van der Waals surface area contributed by atoms with Gasteiger partial charge in [0.15, 0.2) is 0 Å². The van der Waals surface area contributed by atoms with E-state index in [4.69, 9.17) is 26.5 Å². The Labute approximate surface area is 127 Å². The van der Waals surface area contributed by atoms with Crippen molar-refractivity contribution >= 4 is 17.6 Å². The van der Waals surface area contributed by atoms with Gasteiger partial charge in [0.1, 0.15) is 29.9 Å². The number of para-hydroxylation sites is 1. The summed E-state index contributed by atoms with van der Waals surface area (Å²) in [6, 6.07) is 9.99. The molecule has 112 valence electrons. The minimum Gasteiger partial charge on any atom is -0.484 e. The van der Waals surface area contributed by atoms with Gasteiger partial charge in [-0.3, -0.25) is 4.79 Å². The van der Waals surface area contributed by atoms with Gasteiger partial charge < -0.3 is 19.6 Å². The van der Waals surface area contributed by atoms with Crippen molar-refractivity contribution in [3.63, 3.8) is 0 Å². The van der Waals surface area contributed by atoms with Crippen molar-refractivity contribution in [1.29, 1.82) is 0 Å². The Bertz CT molecular complexity index is 611. The lowest BCUT2D eigenvalue weighted by Gasteiger charge is -2.07. The number of carbonyl (C=O) groups is 1. The molecule has 1 aromatic carbocycles. The second-order valence-corrected chi connectivity index (χ2v) is 4.83. The molecule has 1 heterocycles. The van der Waals surface area contributed by atoms with Gasteiger partial charge >= 0.3 is 5.97 Å². The molecule has 2 N–H and O–H groups in total. The molecule has 2 aromatic rings. The second kappa shape index (κ2) is 7.15. The van der Waals surface area contributed by atoms with Crippen LogP contribution in [-0.2, 0) is 22.6 Å². The van der Waals surface area contributed by atoms with Crippen LogP contribution in [0.15, 0.2) is 40.8 Å². The van der Waals surface area contributed by atoms with E-state index in [1.807, 2.05) is 12.1 Å². The number of nitrogens with two attached hydrogens (primary N) is 1. The van der Waals surface area contributed by atoms with Crippen LogP contribution in [0.25, 0.3) is 0 Å². The predicted molar refractivity (Wildman–Crippen MR) is 78.2 cm³/mol. The number of benzene rings is 1. The Morgan fingerprint density at radius 2 is 2.00 bits per heavy atom. The van der Waals surface area contributed by atoms with Crippen LogP contribution in [0.4, 0.5) is 0 Å². The first-order valence-corrected chi connectivity index (χ1v) is 6.76. The molecule has 6 heteroatoms. The molecule has 0 aliphatic heterocycles. The predicted octanol–water partition coefficient (Wildman–Crippen LogP) is 2.55.